The van der Waals surface area contributed by atoms with E-state index in [0.29, 0.717) is 11.4 Å². The van der Waals surface area contributed by atoms with E-state index in [1.54, 1.807) is 18.2 Å². The van der Waals surface area contributed by atoms with E-state index in [9.17, 15) is 13.2 Å². The molecule has 1 aliphatic rings. The summed E-state index contributed by atoms with van der Waals surface area (Å²) in [5, 5.41) is 16.9. The summed E-state index contributed by atoms with van der Waals surface area (Å²) in [4.78, 5) is 0. The molecule has 7 heteroatoms. The van der Waals surface area contributed by atoms with E-state index in [4.69, 9.17) is 5.11 Å². The summed E-state index contributed by atoms with van der Waals surface area (Å²) >= 11 is 0. The van der Waals surface area contributed by atoms with Crippen LogP contribution in [0.1, 0.15) is 19.3 Å². The third-order valence-electron chi connectivity index (χ3n) is 3.33. The first kappa shape index (κ1) is 17.4. The molecular weight excluding hydrogens is 309 g/mol. The number of ether oxygens (including phenoxy) is 1. The fourth-order valence-electron chi connectivity index (χ4n) is 2.26. The van der Waals surface area contributed by atoms with Crippen LogP contribution in [0.4, 0.5) is 18.9 Å². The molecule has 1 unspecified atom stereocenters. The van der Waals surface area contributed by atoms with Crippen LogP contribution >= 0.6 is 0 Å². The number of alkyl halides is 3. The van der Waals surface area contributed by atoms with Gasteiger partial charge in [0.25, 0.3) is 0 Å². The minimum absolute atomic E-state index is 0.0200. The molecule has 0 saturated heterocycles. The van der Waals surface area contributed by atoms with Crippen molar-refractivity contribution in [3.8, 4) is 0 Å². The van der Waals surface area contributed by atoms with Gasteiger partial charge >= 0.3 is 6.36 Å². The Balaban J connectivity index is 2.07. The topological polar surface area (TPSA) is 54.2 Å². The van der Waals surface area contributed by atoms with Gasteiger partial charge in [-0.2, -0.15) is 10.2 Å². The highest BCUT2D eigenvalue weighted by molar-refractivity contribution is 5.36. The second-order valence-corrected chi connectivity index (χ2v) is 5.14. The van der Waals surface area contributed by atoms with Gasteiger partial charge in [-0.25, -0.2) is 0 Å². The van der Waals surface area contributed by atoms with Crippen LogP contribution in [-0.4, -0.2) is 23.7 Å². The van der Waals surface area contributed by atoms with Crippen molar-refractivity contribution in [2.24, 2.45) is 10.2 Å². The molecule has 0 fully saturated rings. The van der Waals surface area contributed by atoms with E-state index >= 15 is 0 Å². The molecule has 0 aliphatic heterocycles. The fraction of sp³-hybridized carbons (Fsp3) is 0.375. The van der Waals surface area contributed by atoms with E-state index in [1.165, 1.54) is 12.2 Å². The minimum Gasteiger partial charge on any atom is -0.396 e. The molecule has 124 valence electrons. The van der Waals surface area contributed by atoms with Crippen LogP contribution in [0.2, 0.25) is 0 Å². The van der Waals surface area contributed by atoms with Crippen molar-refractivity contribution in [3.05, 3.63) is 54.3 Å². The Morgan fingerprint density at radius 1 is 1.17 bits per heavy atom. The van der Waals surface area contributed by atoms with Gasteiger partial charge in [-0.15, -0.1) is 13.2 Å². The lowest BCUT2D eigenvalue weighted by atomic mass is 9.89. The normalized spacial score (nSPS) is 21.7. The summed E-state index contributed by atoms with van der Waals surface area (Å²) in [7, 11) is 0. The Labute approximate surface area is 132 Å². The van der Waals surface area contributed by atoms with Gasteiger partial charge in [-0.1, -0.05) is 30.4 Å². The summed E-state index contributed by atoms with van der Waals surface area (Å²) in [5.74, 6) is 0. The monoisotopic (exact) mass is 326 g/mol. The molecule has 23 heavy (non-hydrogen) atoms. The predicted octanol–water partition coefficient (Wildman–Crippen LogP) is 4.66. The molecule has 2 rings (SSSR count). The summed E-state index contributed by atoms with van der Waals surface area (Å²) in [5.41, 5.74) is -0.364. The first-order valence-corrected chi connectivity index (χ1v) is 7.16. The Morgan fingerprint density at radius 2 is 1.91 bits per heavy atom. The Morgan fingerprint density at radius 3 is 2.48 bits per heavy atom. The maximum Gasteiger partial charge on any atom is 0.523 e. The number of azo groups is 1. The van der Waals surface area contributed by atoms with Crippen molar-refractivity contribution in [2.45, 2.75) is 31.2 Å². The molecule has 0 radical (unpaired) electrons. The lowest BCUT2D eigenvalue weighted by Gasteiger charge is -2.32. The zero-order valence-corrected chi connectivity index (χ0v) is 12.3. The standard InChI is InChI=1S/C16H17F3N2O2/c17-16(18,19)23-15(9-4-12-22)10-7-14(8-11-15)21-20-13-5-2-1-3-6-13/h1-3,5-8,10,22H,4,9,11-12H2. The van der Waals surface area contributed by atoms with Gasteiger partial charge in [0.15, 0.2) is 0 Å². The molecule has 4 nitrogen and oxygen atoms in total. The number of aliphatic hydroxyl groups is 1. The van der Waals surface area contributed by atoms with Gasteiger partial charge in [0.05, 0.1) is 17.0 Å². The SMILES string of the molecule is OCCCC1(OC(F)(F)F)C=CC(N=Nc2ccccc2)=CC1. The molecule has 1 aromatic rings. The number of nitrogens with zero attached hydrogens (tertiary/aromatic N) is 2. The van der Waals surface area contributed by atoms with Gasteiger partial charge in [-0.05, 0) is 31.1 Å². The van der Waals surface area contributed by atoms with Crippen molar-refractivity contribution >= 4 is 5.69 Å². The van der Waals surface area contributed by atoms with Crippen molar-refractivity contribution in [3.63, 3.8) is 0 Å². The average Bonchev–Trinajstić information content (AvgIpc) is 2.52. The van der Waals surface area contributed by atoms with Crippen LogP contribution < -0.4 is 0 Å². The maximum absolute atomic E-state index is 12.6. The molecule has 1 atom stereocenters. The van der Waals surface area contributed by atoms with Crippen LogP contribution in [0.25, 0.3) is 0 Å². The Kier molecular flexibility index (Phi) is 5.68. The molecular formula is C16H17F3N2O2. The molecule has 1 aromatic carbocycles. The number of hydrogen-bond donors (Lipinski definition) is 1. The lowest BCUT2D eigenvalue weighted by molar-refractivity contribution is -0.359. The molecule has 1 aliphatic carbocycles. The number of rotatable bonds is 6. The molecule has 0 spiro atoms. The van der Waals surface area contributed by atoms with Crippen LogP contribution in [0.15, 0.2) is 64.5 Å². The number of allylic oxidation sites excluding steroid dienone is 1. The first-order valence-electron chi connectivity index (χ1n) is 7.16. The lowest BCUT2D eigenvalue weighted by Crippen LogP contribution is -2.37. The highest BCUT2D eigenvalue weighted by atomic mass is 19.4. The van der Waals surface area contributed by atoms with Gasteiger partial charge in [0.2, 0.25) is 0 Å². The van der Waals surface area contributed by atoms with Crippen molar-refractivity contribution in [1.82, 2.24) is 0 Å². The molecule has 0 amide bonds. The quantitative estimate of drug-likeness (QED) is 0.773. The number of hydrogen-bond acceptors (Lipinski definition) is 4. The minimum atomic E-state index is -4.74. The third kappa shape index (κ3) is 5.61. The molecule has 0 heterocycles. The van der Waals surface area contributed by atoms with E-state index in [0.717, 1.165) is 0 Å². The first-order chi connectivity index (χ1) is 10.9. The van der Waals surface area contributed by atoms with Gasteiger partial charge in [-0.3, -0.25) is 4.74 Å². The maximum atomic E-state index is 12.6. The zero-order chi connectivity index (χ0) is 16.8. The molecule has 0 aromatic heterocycles. The average molecular weight is 326 g/mol. The van der Waals surface area contributed by atoms with Crippen molar-refractivity contribution < 1.29 is 23.0 Å². The fourth-order valence-corrected chi connectivity index (χ4v) is 2.26. The van der Waals surface area contributed by atoms with Crippen molar-refractivity contribution in [1.29, 1.82) is 0 Å². The predicted molar refractivity (Wildman–Crippen MR) is 79.0 cm³/mol. The van der Waals surface area contributed by atoms with E-state index in [2.05, 4.69) is 15.0 Å². The number of halogens is 3. The van der Waals surface area contributed by atoms with Gasteiger partial charge in [0, 0.05) is 13.0 Å². The summed E-state index contributed by atoms with van der Waals surface area (Å²) in [6.07, 6.45) is -0.0821. The zero-order valence-electron chi connectivity index (χ0n) is 12.3. The Bertz CT molecular complexity index is 597. The molecule has 0 saturated carbocycles. The van der Waals surface area contributed by atoms with Crippen LogP contribution in [-0.2, 0) is 4.74 Å². The summed E-state index contributed by atoms with van der Waals surface area (Å²) < 4.78 is 42.1. The van der Waals surface area contributed by atoms with Crippen LogP contribution in [0, 0.1) is 0 Å². The molecule has 1 N–H and O–H groups in total. The van der Waals surface area contributed by atoms with Gasteiger partial charge < -0.3 is 5.11 Å². The molecule has 0 bridgehead atoms. The van der Waals surface area contributed by atoms with E-state index < -0.39 is 12.0 Å². The highest BCUT2D eigenvalue weighted by Crippen LogP contribution is 2.36. The summed E-state index contributed by atoms with van der Waals surface area (Å²) in [6.45, 7) is -0.193. The highest BCUT2D eigenvalue weighted by Gasteiger charge is 2.42. The van der Waals surface area contributed by atoms with E-state index in [-0.39, 0.29) is 25.9 Å². The Hall–Kier alpha value is -1.99. The summed E-state index contributed by atoms with van der Waals surface area (Å²) in [6, 6.07) is 9.03. The van der Waals surface area contributed by atoms with Crippen LogP contribution in [0.3, 0.4) is 0 Å². The third-order valence-corrected chi connectivity index (χ3v) is 3.33. The second kappa shape index (κ2) is 7.52. The number of benzene rings is 1. The largest absolute Gasteiger partial charge is 0.523 e. The van der Waals surface area contributed by atoms with Gasteiger partial charge in [0.1, 0.15) is 0 Å². The second-order valence-electron chi connectivity index (χ2n) is 5.14. The van der Waals surface area contributed by atoms with Crippen molar-refractivity contribution in [2.75, 3.05) is 6.61 Å². The number of aliphatic hydroxyl groups excluding tert-OH is 1. The smallest absolute Gasteiger partial charge is 0.396 e. The van der Waals surface area contributed by atoms with Crippen LogP contribution in [0.5, 0.6) is 0 Å². The van der Waals surface area contributed by atoms with E-state index in [1.807, 2.05) is 18.2 Å².